The highest BCUT2D eigenvalue weighted by atomic mass is 16.1. The van der Waals surface area contributed by atoms with Crippen LogP contribution in [0.15, 0.2) is 29.2 Å². The minimum absolute atomic E-state index is 0.0165. The summed E-state index contributed by atoms with van der Waals surface area (Å²) in [4.78, 5) is 20.5. The maximum atomic E-state index is 13.3. The van der Waals surface area contributed by atoms with Crippen LogP contribution in [0.3, 0.4) is 0 Å². The maximum absolute atomic E-state index is 13.3. The normalized spacial score (nSPS) is 11.3. The monoisotopic (exact) mass is 366 g/mol. The van der Waals surface area contributed by atoms with E-state index in [1.165, 1.54) is 11.1 Å². The number of rotatable bonds is 6. The van der Waals surface area contributed by atoms with E-state index in [1.54, 1.807) is 4.57 Å². The van der Waals surface area contributed by atoms with Gasteiger partial charge in [-0.2, -0.15) is 4.98 Å². The van der Waals surface area contributed by atoms with Gasteiger partial charge in [0.05, 0.1) is 5.39 Å². The second-order valence-electron chi connectivity index (χ2n) is 7.43. The first kappa shape index (κ1) is 19.2. The molecule has 0 unspecified atom stereocenters. The summed E-state index contributed by atoms with van der Waals surface area (Å²) in [5, 5.41) is 0.698. The Balaban J connectivity index is 2.27. The average Bonchev–Trinajstić information content (AvgIpc) is 2.94. The molecular formula is C22H30N4O. The number of benzene rings is 1. The highest BCUT2D eigenvalue weighted by molar-refractivity contribution is 5.94. The molecular weight excluding hydrogens is 336 g/mol. The third kappa shape index (κ3) is 3.38. The summed E-state index contributed by atoms with van der Waals surface area (Å²) in [6.45, 7) is 10.3. The van der Waals surface area contributed by atoms with E-state index in [1.807, 2.05) is 24.9 Å². The lowest BCUT2D eigenvalue weighted by Crippen LogP contribution is -2.33. The van der Waals surface area contributed by atoms with Crippen LogP contribution in [0.1, 0.15) is 37.8 Å². The number of anilines is 1. The van der Waals surface area contributed by atoms with Crippen molar-refractivity contribution in [2.75, 3.05) is 18.0 Å². The lowest BCUT2D eigenvalue weighted by atomic mass is 9.99. The molecule has 0 aliphatic rings. The van der Waals surface area contributed by atoms with Crippen molar-refractivity contribution >= 4 is 17.0 Å². The molecule has 5 heteroatoms. The van der Waals surface area contributed by atoms with E-state index in [0.29, 0.717) is 5.39 Å². The Labute approximate surface area is 161 Å². The van der Waals surface area contributed by atoms with Gasteiger partial charge >= 0.3 is 0 Å². The molecule has 144 valence electrons. The number of aromatic nitrogens is 3. The third-order valence-electron chi connectivity index (χ3n) is 5.12. The zero-order valence-corrected chi connectivity index (χ0v) is 17.3. The van der Waals surface area contributed by atoms with Crippen molar-refractivity contribution in [1.29, 1.82) is 0 Å². The Morgan fingerprint density at radius 2 is 1.70 bits per heavy atom. The summed E-state index contributed by atoms with van der Waals surface area (Å²) in [5.41, 5.74) is 5.22. The molecule has 0 atom stereocenters. The first-order valence-electron chi connectivity index (χ1n) is 9.77. The van der Waals surface area contributed by atoms with Crippen molar-refractivity contribution in [3.63, 3.8) is 0 Å². The SMILES string of the molecule is CCCN(CCC)c1nc2c(c(-c3ccc(C)cc3C)cn2C)c(=O)n1C. The van der Waals surface area contributed by atoms with Gasteiger partial charge in [-0.15, -0.1) is 0 Å². The summed E-state index contributed by atoms with van der Waals surface area (Å²) in [6, 6.07) is 6.36. The Bertz CT molecular complexity index is 1020. The van der Waals surface area contributed by atoms with Gasteiger partial charge in [0.2, 0.25) is 5.95 Å². The zero-order chi connectivity index (χ0) is 19.7. The van der Waals surface area contributed by atoms with Crippen LogP contribution < -0.4 is 10.5 Å². The van der Waals surface area contributed by atoms with Crippen molar-refractivity contribution < 1.29 is 0 Å². The molecule has 0 N–H and O–H groups in total. The molecule has 2 heterocycles. The number of fused-ring (bicyclic) bond motifs is 1. The van der Waals surface area contributed by atoms with Crippen LogP contribution in [0.5, 0.6) is 0 Å². The Kier molecular flexibility index (Phi) is 5.40. The van der Waals surface area contributed by atoms with Crippen molar-refractivity contribution in [3.8, 4) is 11.1 Å². The summed E-state index contributed by atoms with van der Waals surface area (Å²) < 4.78 is 3.69. The van der Waals surface area contributed by atoms with Crippen molar-refractivity contribution in [2.45, 2.75) is 40.5 Å². The third-order valence-corrected chi connectivity index (χ3v) is 5.12. The molecule has 0 fully saturated rings. The fourth-order valence-electron chi connectivity index (χ4n) is 3.84. The summed E-state index contributed by atoms with van der Waals surface area (Å²) in [6.07, 6.45) is 4.08. The fraction of sp³-hybridized carbons (Fsp3) is 0.455. The summed E-state index contributed by atoms with van der Waals surface area (Å²) >= 11 is 0. The zero-order valence-electron chi connectivity index (χ0n) is 17.3. The lowest BCUT2D eigenvalue weighted by Gasteiger charge is -2.24. The van der Waals surface area contributed by atoms with Crippen LogP contribution in [0.2, 0.25) is 0 Å². The van der Waals surface area contributed by atoms with E-state index in [4.69, 9.17) is 4.98 Å². The quantitative estimate of drug-likeness (QED) is 0.657. The molecule has 5 nitrogen and oxygen atoms in total. The average molecular weight is 367 g/mol. The molecule has 0 amide bonds. The molecule has 1 aromatic carbocycles. The molecule has 3 aromatic rings. The van der Waals surface area contributed by atoms with Gasteiger partial charge in [0.25, 0.3) is 5.56 Å². The van der Waals surface area contributed by atoms with Gasteiger partial charge in [0, 0.05) is 38.9 Å². The smallest absolute Gasteiger partial charge is 0.264 e. The number of hydrogen-bond acceptors (Lipinski definition) is 3. The van der Waals surface area contributed by atoms with Gasteiger partial charge in [-0.25, -0.2) is 0 Å². The highest BCUT2D eigenvalue weighted by Crippen LogP contribution is 2.31. The van der Waals surface area contributed by atoms with Gasteiger partial charge in [-0.1, -0.05) is 37.6 Å². The largest absolute Gasteiger partial charge is 0.342 e. The minimum atomic E-state index is 0.0165. The fourth-order valence-corrected chi connectivity index (χ4v) is 3.84. The number of aryl methyl sites for hydroxylation is 3. The molecule has 27 heavy (non-hydrogen) atoms. The van der Waals surface area contributed by atoms with Crippen molar-refractivity contribution in [3.05, 3.63) is 45.9 Å². The van der Waals surface area contributed by atoms with Gasteiger partial charge in [0.1, 0.15) is 5.65 Å². The maximum Gasteiger partial charge on any atom is 0.264 e. The van der Waals surface area contributed by atoms with E-state index in [0.717, 1.165) is 48.7 Å². The van der Waals surface area contributed by atoms with Crippen LogP contribution in [-0.4, -0.2) is 27.2 Å². The first-order chi connectivity index (χ1) is 12.9. The molecule has 0 saturated heterocycles. The molecule has 2 aromatic heterocycles. The predicted octanol–water partition coefficient (Wildman–Crippen LogP) is 4.18. The van der Waals surface area contributed by atoms with Crippen LogP contribution in [0, 0.1) is 13.8 Å². The Morgan fingerprint density at radius 3 is 2.30 bits per heavy atom. The minimum Gasteiger partial charge on any atom is -0.342 e. The summed E-state index contributed by atoms with van der Waals surface area (Å²) in [7, 11) is 3.80. The molecule has 0 spiro atoms. The van der Waals surface area contributed by atoms with Gasteiger partial charge in [0.15, 0.2) is 0 Å². The van der Waals surface area contributed by atoms with E-state index in [2.05, 4.69) is 50.8 Å². The van der Waals surface area contributed by atoms with Crippen LogP contribution in [-0.2, 0) is 14.1 Å². The first-order valence-corrected chi connectivity index (χ1v) is 9.77. The van der Waals surface area contributed by atoms with Crippen molar-refractivity contribution in [2.24, 2.45) is 14.1 Å². The molecule has 3 rings (SSSR count). The van der Waals surface area contributed by atoms with E-state index < -0.39 is 0 Å². The van der Waals surface area contributed by atoms with Crippen LogP contribution in [0.25, 0.3) is 22.2 Å². The second-order valence-corrected chi connectivity index (χ2v) is 7.43. The Morgan fingerprint density at radius 1 is 1.04 bits per heavy atom. The number of nitrogens with zero attached hydrogens (tertiary/aromatic N) is 4. The van der Waals surface area contributed by atoms with Gasteiger partial charge in [-0.05, 0) is 37.8 Å². The van der Waals surface area contributed by atoms with Crippen molar-refractivity contribution in [1.82, 2.24) is 14.1 Å². The molecule has 0 bridgehead atoms. The second kappa shape index (κ2) is 7.59. The predicted molar refractivity (Wildman–Crippen MR) is 114 cm³/mol. The molecule has 0 radical (unpaired) electrons. The highest BCUT2D eigenvalue weighted by Gasteiger charge is 2.20. The van der Waals surface area contributed by atoms with Gasteiger partial charge < -0.3 is 9.47 Å². The molecule has 0 aliphatic heterocycles. The van der Waals surface area contributed by atoms with Gasteiger partial charge in [-0.3, -0.25) is 9.36 Å². The van der Waals surface area contributed by atoms with E-state index >= 15 is 0 Å². The standard InChI is InChI=1S/C22H30N4O/c1-7-11-26(12-8-2)22-23-20-19(21(27)25(22)6)18(14-24(20)5)17-10-9-15(3)13-16(17)4/h9-10,13-14H,7-8,11-12H2,1-6H3. The Hall–Kier alpha value is -2.56. The van der Waals surface area contributed by atoms with Crippen LogP contribution in [0.4, 0.5) is 5.95 Å². The van der Waals surface area contributed by atoms with E-state index in [-0.39, 0.29) is 5.56 Å². The number of hydrogen-bond donors (Lipinski definition) is 0. The topological polar surface area (TPSA) is 43.1 Å². The molecule has 0 aliphatic carbocycles. The summed E-state index contributed by atoms with van der Waals surface area (Å²) in [5.74, 6) is 0.754. The van der Waals surface area contributed by atoms with E-state index in [9.17, 15) is 4.79 Å². The van der Waals surface area contributed by atoms with Crippen LogP contribution >= 0.6 is 0 Å². The lowest BCUT2D eigenvalue weighted by molar-refractivity contribution is 0.684. The molecule has 0 saturated carbocycles.